The first-order valence-electron chi connectivity index (χ1n) is 17.3. The zero-order chi connectivity index (χ0) is 32.8. The van der Waals surface area contributed by atoms with Crippen LogP contribution in [0.1, 0.15) is 133 Å². The van der Waals surface area contributed by atoms with Gasteiger partial charge in [0, 0.05) is 6.42 Å². The Morgan fingerprint density at radius 1 is 0.841 bits per heavy atom. The average Bonchev–Trinajstić information content (AvgIpc) is 3.22. The Balaban J connectivity index is 1.37. The summed E-state index contributed by atoms with van der Waals surface area (Å²) in [6, 6.07) is -1.17. The van der Waals surface area contributed by atoms with Gasteiger partial charge in [0.1, 0.15) is 17.3 Å². The highest BCUT2D eigenvalue weighted by Crippen LogP contribution is 2.68. The molecule has 0 aromatic carbocycles. The summed E-state index contributed by atoms with van der Waals surface area (Å²) in [5.74, 6) is 2.79. The van der Waals surface area contributed by atoms with E-state index in [1.807, 2.05) is 20.8 Å². The van der Waals surface area contributed by atoms with Crippen molar-refractivity contribution in [2.45, 2.75) is 163 Å². The molecule has 0 heterocycles. The van der Waals surface area contributed by atoms with Gasteiger partial charge in [-0.25, -0.2) is 9.59 Å². The number of amides is 1. The fraction of sp³-hybridized carbons (Fsp3) is 0.917. The lowest BCUT2D eigenvalue weighted by atomic mass is 9.44. The molecule has 2 N–H and O–H groups in total. The third-order valence-corrected chi connectivity index (χ3v) is 12.0. The summed E-state index contributed by atoms with van der Waals surface area (Å²) in [5, 5.41) is 12.8. The summed E-state index contributed by atoms with van der Waals surface area (Å²) in [7, 11) is 0. The highest BCUT2D eigenvalue weighted by Gasteiger charge is 2.61. The first-order chi connectivity index (χ1) is 20.2. The van der Waals surface area contributed by atoms with Gasteiger partial charge in [-0.2, -0.15) is 0 Å². The molecule has 8 nitrogen and oxygen atoms in total. The Morgan fingerprint density at radius 2 is 1.45 bits per heavy atom. The fourth-order valence-electron chi connectivity index (χ4n) is 10.1. The number of carbonyl (C=O) groups excluding carboxylic acids is 3. The van der Waals surface area contributed by atoms with Gasteiger partial charge < -0.3 is 24.6 Å². The van der Waals surface area contributed by atoms with Gasteiger partial charge >= 0.3 is 18.0 Å². The lowest BCUT2D eigenvalue weighted by Gasteiger charge is -2.61. The molecule has 4 aliphatic rings. The number of nitrogens with one attached hydrogen (secondary N) is 1. The van der Waals surface area contributed by atoms with Crippen molar-refractivity contribution >= 4 is 18.0 Å². The van der Waals surface area contributed by atoms with Crippen molar-refractivity contribution in [2.75, 3.05) is 0 Å². The maximum atomic E-state index is 13.1. The minimum atomic E-state index is -1.17. The third kappa shape index (κ3) is 7.58. The van der Waals surface area contributed by atoms with E-state index in [0.29, 0.717) is 41.9 Å². The number of aliphatic hydroxyl groups is 1. The Bertz CT molecular complexity index is 1060. The SMILES string of the molecule is CC(O)[C@H](NC(=O)OC(C)(C)C)C(=O)O[C@@H]1CC[C@@]2(C)C(CCC3C2CC[C@@]2(C)C3CCC2[C@H](C)CC(=O)OC(C)(C)C)C1. The number of esters is 2. The number of hydrogen-bond donors (Lipinski definition) is 2. The van der Waals surface area contributed by atoms with Crippen LogP contribution in [0.2, 0.25) is 0 Å². The molecule has 4 rings (SSSR count). The lowest BCUT2D eigenvalue weighted by molar-refractivity contribution is -0.167. The molecule has 6 unspecified atom stereocenters. The molecule has 0 spiro atoms. The van der Waals surface area contributed by atoms with E-state index in [1.54, 1.807) is 20.8 Å². The average molecular weight is 620 g/mol. The first-order valence-corrected chi connectivity index (χ1v) is 17.3. The number of fused-ring (bicyclic) bond motifs is 5. The molecule has 0 radical (unpaired) electrons. The number of aliphatic hydroxyl groups excluding tert-OH is 1. The molecule has 0 aliphatic heterocycles. The van der Waals surface area contributed by atoms with Crippen molar-refractivity contribution in [3.8, 4) is 0 Å². The van der Waals surface area contributed by atoms with E-state index in [4.69, 9.17) is 14.2 Å². The molecule has 0 saturated heterocycles. The molecule has 44 heavy (non-hydrogen) atoms. The second-order valence-corrected chi connectivity index (χ2v) is 17.4. The van der Waals surface area contributed by atoms with Crippen LogP contribution in [-0.2, 0) is 23.8 Å². The van der Waals surface area contributed by atoms with Crippen LogP contribution in [-0.4, -0.2) is 52.6 Å². The quantitative estimate of drug-likeness (QED) is 0.229. The van der Waals surface area contributed by atoms with Gasteiger partial charge in [0.25, 0.3) is 0 Å². The summed E-state index contributed by atoms with van der Waals surface area (Å²) in [4.78, 5) is 38.1. The van der Waals surface area contributed by atoms with Crippen LogP contribution in [0.25, 0.3) is 0 Å². The highest BCUT2D eigenvalue weighted by atomic mass is 16.6. The van der Waals surface area contributed by atoms with Gasteiger partial charge in [0.05, 0.1) is 6.10 Å². The molecule has 8 heteroatoms. The Labute approximate surface area is 266 Å². The van der Waals surface area contributed by atoms with E-state index in [9.17, 15) is 19.5 Å². The van der Waals surface area contributed by atoms with Crippen molar-refractivity contribution in [1.82, 2.24) is 5.32 Å². The standard InChI is InChI=1S/C36H61NO7/c1-21(19-29(39)43-33(3,4)5)26-13-14-27-25-12-11-23-20-24(15-17-35(23,9)28(25)16-18-36(26,27)10)42-31(40)30(22(2)38)37-32(41)44-34(6,7)8/h21-28,30,38H,11-20H2,1-10H3,(H,37,41)/t21-,22?,23?,24-,25?,26?,27?,28?,30+,35+,36-/m1/s1. The van der Waals surface area contributed by atoms with Crippen molar-refractivity contribution in [3.63, 3.8) is 0 Å². The van der Waals surface area contributed by atoms with Crippen molar-refractivity contribution in [1.29, 1.82) is 0 Å². The van der Waals surface area contributed by atoms with Gasteiger partial charge in [-0.05, 0) is 153 Å². The van der Waals surface area contributed by atoms with E-state index < -0.39 is 35.4 Å². The molecule has 0 aromatic heterocycles. The summed E-state index contributed by atoms with van der Waals surface area (Å²) in [5.41, 5.74) is -0.655. The van der Waals surface area contributed by atoms with Gasteiger partial charge in [-0.3, -0.25) is 4.79 Å². The summed E-state index contributed by atoms with van der Waals surface area (Å²) >= 11 is 0. The summed E-state index contributed by atoms with van der Waals surface area (Å²) in [6.45, 7) is 19.8. The van der Waals surface area contributed by atoms with Crippen LogP contribution >= 0.6 is 0 Å². The van der Waals surface area contributed by atoms with Crippen LogP contribution in [0.4, 0.5) is 4.79 Å². The van der Waals surface area contributed by atoms with E-state index in [1.165, 1.54) is 39.0 Å². The topological polar surface area (TPSA) is 111 Å². The molecule has 11 atom stereocenters. The van der Waals surface area contributed by atoms with Crippen molar-refractivity contribution in [2.24, 2.45) is 46.3 Å². The largest absolute Gasteiger partial charge is 0.461 e. The zero-order valence-corrected chi connectivity index (χ0v) is 29.2. The summed E-state index contributed by atoms with van der Waals surface area (Å²) < 4.78 is 16.9. The van der Waals surface area contributed by atoms with Crippen LogP contribution in [0.15, 0.2) is 0 Å². The Kier molecular flexibility index (Phi) is 10.2. The minimum Gasteiger partial charge on any atom is -0.461 e. The van der Waals surface area contributed by atoms with Crippen molar-refractivity contribution < 1.29 is 33.7 Å². The maximum Gasteiger partial charge on any atom is 0.408 e. The van der Waals surface area contributed by atoms with Crippen LogP contribution < -0.4 is 5.32 Å². The maximum absolute atomic E-state index is 13.1. The molecule has 4 aliphatic carbocycles. The molecule has 1 amide bonds. The second kappa shape index (κ2) is 12.8. The zero-order valence-electron chi connectivity index (χ0n) is 29.2. The molecule has 252 valence electrons. The van der Waals surface area contributed by atoms with Crippen LogP contribution in [0, 0.1) is 46.3 Å². The van der Waals surface area contributed by atoms with E-state index in [2.05, 4.69) is 26.1 Å². The van der Waals surface area contributed by atoms with Crippen molar-refractivity contribution in [3.05, 3.63) is 0 Å². The van der Waals surface area contributed by atoms with Gasteiger partial charge in [-0.1, -0.05) is 20.8 Å². The number of alkyl carbamates (subject to hydrolysis) is 1. The Morgan fingerprint density at radius 3 is 2.07 bits per heavy atom. The molecule has 0 aromatic rings. The monoisotopic (exact) mass is 619 g/mol. The predicted octanol–water partition coefficient (Wildman–Crippen LogP) is 7.20. The minimum absolute atomic E-state index is 0.0726. The number of hydrogen-bond acceptors (Lipinski definition) is 7. The number of ether oxygens (including phenoxy) is 3. The van der Waals surface area contributed by atoms with Crippen LogP contribution in [0.3, 0.4) is 0 Å². The molecular weight excluding hydrogens is 558 g/mol. The number of carbonyl (C=O) groups is 3. The summed E-state index contributed by atoms with van der Waals surface area (Å²) in [6.07, 6.45) is 8.38. The smallest absolute Gasteiger partial charge is 0.408 e. The van der Waals surface area contributed by atoms with Gasteiger partial charge in [0.2, 0.25) is 0 Å². The van der Waals surface area contributed by atoms with E-state index >= 15 is 0 Å². The fourth-order valence-corrected chi connectivity index (χ4v) is 10.1. The number of rotatable bonds is 7. The third-order valence-electron chi connectivity index (χ3n) is 12.0. The normalized spacial score (nSPS) is 37.3. The van der Waals surface area contributed by atoms with Gasteiger partial charge in [-0.15, -0.1) is 0 Å². The molecule has 4 saturated carbocycles. The van der Waals surface area contributed by atoms with E-state index in [0.717, 1.165) is 25.7 Å². The lowest BCUT2D eigenvalue weighted by Crippen LogP contribution is -2.55. The van der Waals surface area contributed by atoms with Crippen LogP contribution in [0.5, 0.6) is 0 Å². The van der Waals surface area contributed by atoms with E-state index in [-0.39, 0.29) is 22.9 Å². The Hall–Kier alpha value is -1.83. The predicted molar refractivity (Wildman–Crippen MR) is 170 cm³/mol. The first kappa shape index (κ1) is 35.0. The molecule has 0 bridgehead atoms. The molecular formula is C36H61NO7. The van der Waals surface area contributed by atoms with Gasteiger partial charge in [0.15, 0.2) is 6.04 Å². The molecule has 4 fully saturated rings. The second-order valence-electron chi connectivity index (χ2n) is 17.4. The highest BCUT2D eigenvalue weighted by molar-refractivity contribution is 5.82.